The minimum Gasteiger partial charge on any atom is -0.497 e. The number of benzene rings is 1. The summed E-state index contributed by atoms with van der Waals surface area (Å²) >= 11 is 0. The number of morpholine rings is 1. The van der Waals surface area contributed by atoms with Crippen molar-refractivity contribution in [2.75, 3.05) is 33.3 Å². The van der Waals surface area contributed by atoms with Gasteiger partial charge in [0.05, 0.1) is 19.3 Å². The van der Waals surface area contributed by atoms with Gasteiger partial charge in [0.25, 0.3) is 5.91 Å². The molecule has 1 fully saturated rings. The minimum absolute atomic E-state index is 0.179. The van der Waals surface area contributed by atoms with Crippen LogP contribution < -0.4 is 10.1 Å². The van der Waals surface area contributed by atoms with E-state index in [2.05, 4.69) is 24.1 Å². The third-order valence-electron chi connectivity index (χ3n) is 4.56. The molecule has 1 aliphatic rings. The number of aryl methyl sites for hydroxylation is 1. The van der Waals surface area contributed by atoms with E-state index in [0.29, 0.717) is 17.9 Å². The summed E-state index contributed by atoms with van der Waals surface area (Å²) in [5.41, 5.74) is 1.53. The lowest BCUT2D eigenvalue weighted by Gasteiger charge is -2.35. The van der Waals surface area contributed by atoms with Gasteiger partial charge in [-0.05, 0) is 39.0 Å². The minimum atomic E-state index is -0.179. The van der Waals surface area contributed by atoms with Crippen LogP contribution in [0, 0.1) is 6.92 Å². The number of rotatable bonds is 5. The van der Waals surface area contributed by atoms with E-state index in [1.807, 2.05) is 25.1 Å². The predicted molar refractivity (Wildman–Crippen MR) is 96.3 cm³/mol. The molecule has 1 aliphatic heterocycles. The first kappa shape index (κ1) is 17.8. The predicted octanol–water partition coefficient (Wildman–Crippen LogP) is 2.59. The molecule has 25 heavy (non-hydrogen) atoms. The number of hydrogen-bond acceptors (Lipinski definition) is 5. The maximum atomic E-state index is 12.5. The van der Waals surface area contributed by atoms with Crippen LogP contribution in [0.15, 0.2) is 22.6 Å². The molecular weight excluding hydrogens is 320 g/mol. The van der Waals surface area contributed by atoms with Gasteiger partial charge >= 0.3 is 0 Å². The molecule has 6 heteroatoms. The molecule has 0 spiro atoms. The Hall–Kier alpha value is -2.05. The van der Waals surface area contributed by atoms with Crippen LogP contribution in [0.25, 0.3) is 11.0 Å². The third kappa shape index (κ3) is 3.96. The van der Waals surface area contributed by atoms with Gasteiger partial charge in [0.1, 0.15) is 11.3 Å². The standard InChI is InChI=1S/C19H26N2O4/c1-12-10-21(11-13(2)24-12)8-7-20-19(22)18-14(3)16-9-15(23-4)5-6-17(16)25-18/h5-6,9,12-13H,7-8,10-11H2,1-4H3,(H,20,22). The number of ether oxygens (including phenoxy) is 2. The van der Waals surface area contributed by atoms with Crippen LogP contribution in [0.1, 0.15) is 30.0 Å². The molecule has 0 radical (unpaired) electrons. The van der Waals surface area contributed by atoms with Crippen molar-refractivity contribution in [3.63, 3.8) is 0 Å². The number of furan rings is 1. The van der Waals surface area contributed by atoms with E-state index in [0.717, 1.165) is 36.3 Å². The first-order valence-electron chi connectivity index (χ1n) is 8.71. The number of methoxy groups -OCH3 is 1. The van der Waals surface area contributed by atoms with Crippen LogP contribution in [0.5, 0.6) is 5.75 Å². The van der Waals surface area contributed by atoms with Crippen molar-refractivity contribution in [1.82, 2.24) is 10.2 Å². The van der Waals surface area contributed by atoms with Crippen molar-refractivity contribution in [3.05, 3.63) is 29.5 Å². The number of amides is 1. The van der Waals surface area contributed by atoms with E-state index >= 15 is 0 Å². The summed E-state index contributed by atoms with van der Waals surface area (Å²) in [5, 5.41) is 3.86. The highest BCUT2D eigenvalue weighted by Gasteiger charge is 2.22. The van der Waals surface area contributed by atoms with Gasteiger partial charge in [-0.1, -0.05) is 0 Å². The van der Waals surface area contributed by atoms with E-state index in [1.165, 1.54) is 0 Å². The van der Waals surface area contributed by atoms with Crippen molar-refractivity contribution in [1.29, 1.82) is 0 Å². The second-order valence-corrected chi connectivity index (χ2v) is 6.69. The summed E-state index contributed by atoms with van der Waals surface area (Å²) in [7, 11) is 1.62. The smallest absolute Gasteiger partial charge is 0.287 e. The average molecular weight is 346 g/mol. The Kier molecular flexibility index (Phi) is 5.30. The number of carbonyl (C=O) groups is 1. The van der Waals surface area contributed by atoms with Gasteiger partial charge in [0.15, 0.2) is 5.76 Å². The Labute approximate surface area is 148 Å². The summed E-state index contributed by atoms with van der Waals surface area (Å²) in [6.07, 6.45) is 0.457. The first-order chi connectivity index (χ1) is 12.0. The summed E-state index contributed by atoms with van der Waals surface area (Å²) in [4.78, 5) is 14.8. The van der Waals surface area contributed by atoms with E-state index in [1.54, 1.807) is 7.11 Å². The zero-order chi connectivity index (χ0) is 18.0. The Bertz CT molecular complexity index is 745. The fraction of sp³-hybridized carbons (Fsp3) is 0.526. The molecule has 6 nitrogen and oxygen atoms in total. The van der Waals surface area contributed by atoms with Crippen LogP contribution in [0.3, 0.4) is 0 Å². The highest BCUT2D eigenvalue weighted by Crippen LogP contribution is 2.28. The van der Waals surface area contributed by atoms with E-state index in [-0.39, 0.29) is 18.1 Å². The van der Waals surface area contributed by atoms with Crippen molar-refractivity contribution in [3.8, 4) is 5.75 Å². The van der Waals surface area contributed by atoms with Crippen molar-refractivity contribution < 1.29 is 18.7 Å². The van der Waals surface area contributed by atoms with Crippen molar-refractivity contribution in [2.45, 2.75) is 33.0 Å². The summed E-state index contributed by atoms with van der Waals surface area (Å²) < 4.78 is 16.7. The van der Waals surface area contributed by atoms with Gasteiger partial charge in [-0.3, -0.25) is 9.69 Å². The monoisotopic (exact) mass is 346 g/mol. The Morgan fingerprint density at radius 3 is 2.72 bits per heavy atom. The van der Waals surface area contributed by atoms with Gasteiger partial charge in [0, 0.05) is 37.1 Å². The Balaban J connectivity index is 1.61. The molecule has 3 rings (SSSR count). The van der Waals surface area contributed by atoms with E-state index in [4.69, 9.17) is 13.9 Å². The van der Waals surface area contributed by atoms with Crippen LogP contribution in [0.4, 0.5) is 0 Å². The number of hydrogen-bond donors (Lipinski definition) is 1. The number of nitrogens with one attached hydrogen (secondary N) is 1. The third-order valence-corrected chi connectivity index (χ3v) is 4.56. The number of fused-ring (bicyclic) bond motifs is 1. The molecule has 0 aliphatic carbocycles. The molecule has 1 aromatic heterocycles. The molecule has 1 amide bonds. The molecule has 2 unspecified atom stereocenters. The van der Waals surface area contributed by atoms with Crippen LogP contribution >= 0.6 is 0 Å². The summed E-state index contributed by atoms with van der Waals surface area (Å²) in [5.74, 6) is 0.938. The van der Waals surface area contributed by atoms with Crippen LogP contribution in [-0.4, -0.2) is 56.3 Å². The molecule has 1 N–H and O–H groups in total. The molecule has 136 valence electrons. The molecule has 0 saturated carbocycles. The molecule has 0 bridgehead atoms. The maximum absolute atomic E-state index is 12.5. The van der Waals surface area contributed by atoms with Crippen molar-refractivity contribution in [2.24, 2.45) is 0 Å². The largest absolute Gasteiger partial charge is 0.497 e. The first-order valence-corrected chi connectivity index (χ1v) is 8.71. The number of nitrogens with zero attached hydrogens (tertiary/aromatic N) is 1. The lowest BCUT2D eigenvalue weighted by atomic mass is 10.1. The lowest BCUT2D eigenvalue weighted by molar-refractivity contribution is -0.0672. The van der Waals surface area contributed by atoms with Gasteiger partial charge < -0.3 is 19.2 Å². The van der Waals surface area contributed by atoms with Gasteiger partial charge in [-0.25, -0.2) is 0 Å². The quantitative estimate of drug-likeness (QED) is 0.901. The van der Waals surface area contributed by atoms with E-state index in [9.17, 15) is 4.79 Å². The molecule has 1 aromatic carbocycles. The molecule has 1 saturated heterocycles. The zero-order valence-electron chi connectivity index (χ0n) is 15.3. The fourth-order valence-corrected chi connectivity index (χ4v) is 3.42. The zero-order valence-corrected chi connectivity index (χ0v) is 15.3. The molecular formula is C19H26N2O4. The second kappa shape index (κ2) is 7.45. The van der Waals surface area contributed by atoms with Crippen LogP contribution in [0.2, 0.25) is 0 Å². The van der Waals surface area contributed by atoms with Crippen LogP contribution in [-0.2, 0) is 4.74 Å². The highest BCUT2D eigenvalue weighted by atomic mass is 16.5. The highest BCUT2D eigenvalue weighted by molar-refractivity contribution is 5.99. The topological polar surface area (TPSA) is 63.9 Å². The van der Waals surface area contributed by atoms with Gasteiger partial charge in [-0.2, -0.15) is 0 Å². The Morgan fingerprint density at radius 1 is 1.32 bits per heavy atom. The van der Waals surface area contributed by atoms with Gasteiger partial charge in [-0.15, -0.1) is 0 Å². The normalized spacial score (nSPS) is 21.4. The van der Waals surface area contributed by atoms with E-state index < -0.39 is 0 Å². The lowest BCUT2D eigenvalue weighted by Crippen LogP contribution is -2.47. The SMILES string of the molecule is COc1ccc2oc(C(=O)NCCN3CC(C)OC(C)C3)c(C)c2c1. The maximum Gasteiger partial charge on any atom is 0.287 e. The molecule has 2 heterocycles. The van der Waals surface area contributed by atoms with Crippen molar-refractivity contribution >= 4 is 16.9 Å². The molecule has 2 atom stereocenters. The average Bonchev–Trinajstić information content (AvgIpc) is 2.90. The number of carbonyl (C=O) groups excluding carboxylic acids is 1. The summed E-state index contributed by atoms with van der Waals surface area (Å²) in [6.45, 7) is 9.22. The fourth-order valence-electron chi connectivity index (χ4n) is 3.42. The van der Waals surface area contributed by atoms with Gasteiger partial charge in [0.2, 0.25) is 0 Å². The Morgan fingerprint density at radius 2 is 2.04 bits per heavy atom. The molecule has 2 aromatic rings. The second-order valence-electron chi connectivity index (χ2n) is 6.69. The summed E-state index contributed by atoms with van der Waals surface area (Å²) in [6, 6.07) is 5.55.